The van der Waals surface area contributed by atoms with Crippen LogP contribution in [-0.2, 0) is 4.79 Å². The van der Waals surface area contributed by atoms with E-state index in [0.717, 1.165) is 13.0 Å². The van der Waals surface area contributed by atoms with Gasteiger partial charge in [-0.25, -0.2) is 0 Å². The highest BCUT2D eigenvalue weighted by atomic mass is 16.4. The molecule has 11 heavy (non-hydrogen) atoms. The summed E-state index contributed by atoms with van der Waals surface area (Å²) in [4.78, 5) is 10.6. The molecule has 0 aliphatic carbocycles. The van der Waals surface area contributed by atoms with E-state index in [1.165, 1.54) is 0 Å². The number of aliphatic carboxylic acids is 1. The van der Waals surface area contributed by atoms with E-state index < -0.39 is 11.4 Å². The molecule has 1 fully saturated rings. The third kappa shape index (κ3) is 1.33. The SMILES string of the molecule is N#CC1(C(=O)O)CCCNC1. The van der Waals surface area contributed by atoms with Gasteiger partial charge in [-0.2, -0.15) is 5.26 Å². The van der Waals surface area contributed by atoms with Gasteiger partial charge in [0, 0.05) is 6.54 Å². The van der Waals surface area contributed by atoms with E-state index >= 15 is 0 Å². The molecule has 1 heterocycles. The highest BCUT2D eigenvalue weighted by molar-refractivity contribution is 5.78. The first kappa shape index (κ1) is 8.02. The molecule has 0 aromatic heterocycles. The Bertz CT molecular complexity index is 201. The normalized spacial score (nSPS) is 30.8. The van der Waals surface area contributed by atoms with Crippen molar-refractivity contribution >= 4 is 5.97 Å². The Morgan fingerprint density at radius 2 is 2.45 bits per heavy atom. The minimum Gasteiger partial charge on any atom is -0.480 e. The average molecular weight is 154 g/mol. The number of nitrogens with one attached hydrogen (secondary N) is 1. The number of hydrogen-bond acceptors (Lipinski definition) is 3. The molecule has 1 saturated heterocycles. The summed E-state index contributed by atoms with van der Waals surface area (Å²) >= 11 is 0. The molecule has 0 saturated carbocycles. The van der Waals surface area contributed by atoms with E-state index in [1.807, 2.05) is 6.07 Å². The molecular weight excluding hydrogens is 144 g/mol. The Morgan fingerprint density at radius 3 is 2.73 bits per heavy atom. The lowest BCUT2D eigenvalue weighted by molar-refractivity contribution is -0.146. The lowest BCUT2D eigenvalue weighted by Crippen LogP contribution is -2.44. The van der Waals surface area contributed by atoms with Crippen molar-refractivity contribution in [3.05, 3.63) is 0 Å². The molecule has 60 valence electrons. The Labute approximate surface area is 64.8 Å². The van der Waals surface area contributed by atoms with Crippen molar-refractivity contribution in [3.8, 4) is 6.07 Å². The Balaban J connectivity index is 2.75. The quantitative estimate of drug-likeness (QED) is 0.556. The van der Waals surface area contributed by atoms with Gasteiger partial charge in [0.1, 0.15) is 0 Å². The maximum absolute atomic E-state index is 10.6. The van der Waals surface area contributed by atoms with Gasteiger partial charge in [-0.05, 0) is 19.4 Å². The molecule has 4 heteroatoms. The number of carboxylic acid groups (broad SMARTS) is 1. The molecule has 1 rings (SSSR count). The summed E-state index contributed by atoms with van der Waals surface area (Å²) in [6.07, 6.45) is 1.23. The number of piperidine rings is 1. The van der Waals surface area contributed by atoms with Crippen molar-refractivity contribution in [1.29, 1.82) is 5.26 Å². The molecule has 0 amide bonds. The number of hydrogen-bond donors (Lipinski definition) is 2. The van der Waals surface area contributed by atoms with E-state index in [9.17, 15) is 4.79 Å². The Hall–Kier alpha value is -1.08. The second kappa shape index (κ2) is 2.89. The molecule has 0 spiro atoms. The zero-order valence-electron chi connectivity index (χ0n) is 6.13. The van der Waals surface area contributed by atoms with Gasteiger partial charge in [-0.3, -0.25) is 4.79 Å². The second-order valence-corrected chi connectivity index (χ2v) is 2.78. The van der Waals surface area contributed by atoms with Gasteiger partial charge in [0.2, 0.25) is 0 Å². The van der Waals surface area contributed by atoms with Crippen molar-refractivity contribution in [2.24, 2.45) is 5.41 Å². The van der Waals surface area contributed by atoms with E-state index in [1.54, 1.807) is 0 Å². The number of nitrogens with zero attached hydrogens (tertiary/aromatic N) is 1. The molecule has 0 bridgehead atoms. The standard InChI is InChI=1S/C7H10N2O2/c8-4-7(6(10)11)2-1-3-9-5-7/h9H,1-3,5H2,(H,10,11). The molecule has 1 aliphatic heterocycles. The van der Waals surface area contributed by atoms with Gasteiger partial charge in [0.15, 0.2) is 5.41 Å². The van der Waals surface area contributed by atoms with Crippen LogP contribution in [0.4, 0.5) is 0 Å². The number of nitriles is 1. The van der Waals surface area contributed by atoms with Gasteiger partial charge in [-0.1, -0.05) is 0 Å². The topological polar surface area (TPSA) is 73.1 Å². The summed E-state index contributed by atoms with van der Waals surface area (Å²) in [5, 5.41) is 20.3. The molecule has 0 radical (unpaired) electrons. The smallest absolute Gasteiger partial charge is 0.325 e. The van der Waals surface area contributed by atoms with Crippen molar-refractivity contribution < 1.29 is 9.90 Å². The predicted octanol–water partition coefficient (Wildman–Crippen LogP) is -0.0356. The van der Waals surface area contributed by atoms with Gasteiger partial charge in [0.25, 0.3) is 0 Å². The van der Waals surface area contributed by atoms with Gasteiger partial charge >= 0.3 is 5.97 Å². The van der Waals surface area contributed by atoms with Crippen LogP contribution < -0.4 is 5.32 Å². The molecule has 0 aromatic rings. The monoisotopic (exact) mass is 154 g/mol. The Kier molecular flexibility index (Phi) is 2.11. The van der Waals surface area contributed by atoms with Crippen molar-refractivity contribution in [2.45, 2.75) is 12.8 Å². The number of carbonyl (C=O) groups is 1. The molecule has 0 aromatic carbocycles. The number of rotatable bonds is 1. The first-order valence-electron chi connectivity index (χ1n) is 3.57. The molecule has 1 aliphatic rings. The van der Waals surface area contributed by atoms with E-state index in [2.05, 4.69) is 5.32 Å². The van der Waals surface area contributed by atoms with Crippen LogP contribution >= 0.6 is 0 Å². The lowest BCUT2D eigenvalue weighted by atomic mass is 9.82. The Morgan fingerprint density at radius 1 is 1.73 bits per heavy atom. The zero-order valence-corrected chi connectivity index (χ0v) is 6.13. The highest BCUT2D eigenvalue weighted by Crippen LogP contribution is 2.24. The summed E-state index contributed by atoms with van der Waals surface area (Å²) in [6, 6.07) is 1.85. The third-order valence-electron chi connectivity index (χ3n) is 2.01. The van der Waals surface area contributed by atoms with E-state index in [0.29, 0.717) is 6.42 Å². The largest absolute Gasteiger partial charge is 0.480 e. The summed E-state index contributed by atoms with van der Waals surface area (Å²) in [5.41, 5.74) is -1.17. The molecule has 1 atom stereocenters. The molecule has 1 unspecified atom stereocenters. The maximum atomic E-state index is 10.6. The fraction of sp³-hybridized carbons (Fsp3) is 0.714. The minimum absolute atomic E-state index is 0.277. The molecule has 4 nitrogen and oxygen atoms in total. The first-order chi connectivity index (χ1) is 5.21. The van der Waals surface area contributed by atoms with Crippen molar-refractivity contribution in [2.75, 3.05) is 13.1 Å². The highest BCUT2D eigenvalue weighted by Gasteiger charge is 2.39. The summed E-state index contributed by atoms with van der Waals surface area (Å²) in [7, 11) is 0. The average Bonchev–Trinajstić information content (AvgIpc) is 2.05. The van der Waals surface area contributed by atoms with Crippen LogP contribution in [0, 0.1) is 16.7 Å². The van der Waals surface area contributed by atoms with Crippen LogP contribution in [0.25, 0.3) is 0 Å². The predicted molar refractivity (Wildman–Crippen MR) is 37.8 cm³/mol. The van der Waals surface area contributed by atoms with Gasteiger partial charge in [0.05, 0.1) is 6.07 Å². The van der Waals surface area contributed by atoms with Crippen LogP contribution in [0.15, 0.2) is 0 Å². The zero-order chi connectivity index (χ0) is 8.32. The summed E-state index contributed by atoms with van der Waals surface area (Å²) in [5.74, 6) is -1.01. The van der Waals surface area contributed by atoms with E-state index in [4.69, 9.17) is 10.4 Å². The maximum Gasteiger partial charge on any atom is 0.325 e. The van der Waals surface area contributed by atoms with Crippen LogP contribution in [0.1, 0.15) is 12.8 Å². The first-order valence-corrected chi connectivity index (χ1v) is 3.57. The van der Waals surface area contributed by atoms with Crippen LogP contribution in [-0.4, -0.2) is 24.2 Å². The molecule has 2 N–H and O–H groups in total. The van der Waals surface area contributed by atoms with Crippen LogP contribution in [0.2, 0.25) is 0 Å². The minimum atomic E-state index is -1.17. The second-order valence-electron chi connectivity index (χ2n) is 2.78. The third-order valence-corrected chi connectivity index (χ3v) is 2.01. The van der Waals surface area contributed by atoms with Crippen molar-refractivity contribution in [1.82, 2.24) is 5.32 Å². The van der Waals surface area contributed by atoms with Gasteiger partial charge < -0.3 is 10.4 Å². The fourth-order valence-electron chi connectivity index (χ4n) is 1.23. The van der Waals surface area contributed by atoms with Gasteiger partial charge in [-0.15, -0.1) is 0 Å². The van der Waals surface area contributed by atoms with Crippen LogP contribution in [0.3, 0.4) is 0 Å². The summed E-state index contributed by atoms with van der Waals surface area (Å²) in [6.45, 7) is 1.09. The summed E-state index contributed by atoms with van der Waals surface area (Å²) < 4.78 is 0. The van der Waals surface area contributed by atoms with Crippen LogP contribution in [0.5, 0.6) is 0 Å². The lowest BCUT2D eigenvalue weighted by Gasteiger charge is -2.26. The van der Waals surface area contributed by atoms with E-state index in [-0.39, 0.29) is 6.54 Å². The molecular formula is C7H10N2O2. The fourth-order valence-corrected chi connectivity index (χ4v) is 1.23. The number of carboxylic acids is 1. The van der Waals surface area contributed by atoms with Crippen molar-refractivity contribution in [3.63, 3.8) is 0 Å².